The van der Waals surface area contributed by atoms with Gasteiger partial charge in [0.05, 0.1) is 0 Å². The lowest BCUT2D eigenvalue weighted by Crippen LogP contribution is -2.17. The van der Waals surface area contributed by atoms with Crippen molar-refractivity contribution in [3.8, 4) is 11.1 Å². The van der Waals surface area contributed by atoms with Gasteiger partial charge in [0.15, 0.2) is 0 Å². The molecule has 0 saturated heterocycles. The van der Waals surface area contributed by atoms with Crippen molar-refractivity contribution >= 4 is 5.91 Å². The van der Waals surface area contributed by atoms with Gasteiger partial charge in [0.1, 0.15) is 0 Å². The van der Waals surface area contributed by atoms with Crippen LogP contribution >= 0.6 is 0 Å². The molecule has 0 unspecified atom stereocenters. The number of carbonyl (C=O) groups is 1. The number of allylic oxidation sites excluding steroid dienone is 1. The van der Waals surface area contributed by atoms with Gasteiger partial charge in [-0.25, -0.2) is 0 Å². The van der Waals surface area contributed by atoms with Crippen LogP contribution in [0.4, 0.5) is 0 Å². The molecule has 0 aliphatic heterocycles. The fourth-order valence-electron chi connectivity index (χ4n) is 1.74. The van der Waals surface area contributed by atoms with E-state index in [0.717, 1.165) is 16.7 Å². The van der Waals surface area contributed by atoms with Crippen LogP contribution in [0.2, 0.25) is 0 Å². The monoisotopic (exact) mass is 251 g/mol. The molecule has 0 aliphatic rings. The summed E-state index contributed by atoms with van der Waals surface area (Å²) in [5.41, 5.74) is 3.99. The van der Waals surface area contributed by atoms with Gasteiger partial charge in [-0.3, -0.25) is 4.79 Å². The van der Waals surface area contributed by atoms with Gasteiger partial charge in [0.2, 0.25) is 0 Å². The van der Waals surface area contributed by atoms with Crippen molar-refractivity contribution in [1.29, 1.82) is 0 Å². The van der Waals surface area contributed by atoms with Gasteiger partial charge in [0, 0.05) is 11.8 Å². The summed E-state index contributed by atoms with van der Waals surface area (Å²) in [6.45, 7) is 3.89. The molecule has 0 aromatic heterocycles. The Kier molecular flexibility index (Phi) is 4.14. The van der Waals surface area contributed by atoms with E-state index in [1.807, 2.05) is 56.3 Å². The molecule has 1 amide bonds. The summed E-state index contributed by atoms with van der Waals surface area (Å²) in [4.78, 5) is 11.8. The van der Waals surface area contributed by atoms with Crippen molar-refractivity contribution in [3.05, 3.63) is 71.9 Å². The molecule has 19 heavy (non-hydrogen) atoms. The zero-order chi connectivity index (χ0) is 13.7. The number of rotatable bonds is 3. The third-order valence-corrected chi connectivity index (χ3v) is 2.75. The molecule has 0 heterocycles. The first-order chi connectivity index (χ1) is 9.16. The van der Waals surface area contributed by atoms with E-state index >= 15 is 0 Å². The normalized spacial score (nSPS) is 9.79. The molecule has 2 heteroatoms. The maximum absolute atomic E-state index is 11.8. The van der Waals surface area contributed by atoms with Gasteiger partial charge >= 0.3 is 0 Å². The zero-order valence-corrected chi connectivity index (χ0v) is 11.2. The zero-order valence-electron chi connectivity index (χ0n) is 11.2. The first kappa shape index (κ1) is 13.1. The highest BCUT2D eigenvalue weighted by Gasteiger charge is 2.03. The van der Waals surface area contributed by atoms with Crippen LogP contribution in [0.5, 0.6) is 0 Å². The molecule has 2 aromatic rings. The van der Waals surface area contributed by atoms with E-state index in [1.165, 1.54) is 0 Å². The van der Waals surface area contributed by atoms with Crippen molar-refractivity contribution in [2.45, 2.75) is 13.8 Å². The van der Waals surface area contributed by atoms with Gasteiger partial charge < -0.3 is 5.32 Å². The molecule has 2 nitrogen and oxygen atoms in total. The lowest BCUT2D eigenvalue weighted by Gasteiger charge is -2.04. The van der Waals surface area contributed by atoms with Crippen molar-refractivity contribution in [3.63, 3.8) is 0 Å². The summed E-state index contributed by atoms with van der Waals surface area (Å²) < 4.78 is 0. The molecule has 0 atom stereocenters. The average molecular weight is 251 g/mol. The molecule has 2 aromatic carbocycles. The third kappa shape index (κ3) is 3.55. The second kappa shape index (κ2) is 6.01. The molecule has 2 rings (SSSR count). The van der Waals surface area contributed by atoms with Crippen molar-refractivity contribution < 1.29 is 4.79 Å². The molecule has 96 valence electrons. The number of carbonyl (C=O) groups excluding carboxylic acids is 1. The highest BCUT2D eigenvalue weighted by atomic mass is 16.1. The van der Waals surface area contributed by atoms with Crippen LogP contribution in [-0.4, -0.2) is 5.91 Å². The maximum Gasteiger partial charge on any atom is 0.255 e. The predicted octanol–water partition coefficient (Wildman–Crippen LogP) is 4.01. The predicted molar refractivity (Wildman–Crippen MR) is 78.8 cm³/mol. The number of amides is 1. The van der Waals surface area contributed by atoms with Gasteiger partial charge in [0.25, 0.3) is 5.91 Å². The number of hydrogen-bond acceptors (Lipinski definition) is 1. The van der Waals surface area contributed by atoms with Crippen molar-refractivity contribution in [2.24, 2.45) is 0 Å². The minimum absolute atomic E-state index is 0.0826. The van der Waals surface area contributed by atoms with Crippen molar-refractivity contribution in [1.82, 2.24) is 5.32 Å². The number of nitrogens with one attached hydrogen (secondary N) is 1. The van der Waals surface area contributed by atoms with Crippen LogP contribution < -0.4 is 5.32 Å². The van der Waals surface area contributed by atoms with E-state index in [-0.39, 0.29) is 5.91 Å². The molecule has 0 bridgehead atoms. The largest absolute Gasteiger partial charge is 0.329 e. The van der Waals surface area contributed by atoms with Gasteiger partial charge in [-0.15, -0.1) is 0 Å². The minimum Gasteiger partial charge on any atom is -0.329 e. The third-order valence-electron chi connectivity index (χ3n) is 2.75. The van der Waals surface area contributed by atoms with Crippen LogP contribution in [0.3, 0.4) is 0 Å². The van der Waals surface area contributed by atoms with E-state index in [4.69, 9.17) is 0 Å². The number of hydrogen-bond donors (Lipinski definition) is 1. The Morgan fingerprint density at radius 3 is 2.05 bits per heavy atom. The standard InChI is InChI=1S/C17H17NO/c1-13(2)12-18-17(19)16-10-8-15(9-11-16)14-6-4-3-5-7-14/h3-12H,1-2H3,(H,18,19). The van der Waals surface area contributed by atoms with Crippen LogP contribution in [0.15, 0.2) is 66.4 Å². The van der Waals surface area contributed by atoms with E-state index in [9.17, 15) is 4.79 Å². The average Bonchev–Trinajstić information content (AvgIpc) is 2.46. The maximum atomic E-state index is 11.8. The Hall–Kier alpha value is -2.35. The Morgan fingerprint density at radius 1 is 0.895 bits per heavy atom. The van der Waals surface area contributed by atoms with Gasteiger partial charge in [-0.05, 0) is 37.1 Å². The molecule has 0 radical (unpaired) electrons. The Morgan fingerprint density at radius 2 is 1.47 bits per heavy atom. The van der Waals surface area contributed by atoms with Gasteiger partial charge in [-0.1, -0.05) is 48.0 Å². The summed E-state index contributed by atoms with van der Waals surface area (Å²) in [7, 11) is 0. The van der Waals surface area contributed by atoms with Gasteiger partial charge in [-0.2, -0.15) is 0 Å². The summed E-state index contributed by atoms with van der Waals surface area (Å²) in [5, 5.41) is 2.76. The first-order valence-corrected chi connectivity index (χ1v) is 6.26. The number of benzene rings is 2. The summed E-state index contributed by atoms with van der Waals surface area (Å²) in [6, 6.07) is 17.7. The summed E-state index contributed by atoms with van der Waals surface area (Å²) >= 11 is 0. The first-order valence-electron chi connectivity index (χ1n) is 6.26. The molecular formula is C17H17NO. The second-order valence-electron chi connectivity index (χ2n) is 4.64. The minimum atomic E-state index is -0.0826. The van der Waals surface area contributed by atoms with E-state index in [1.54, 1.807) is 6.20 Å². The van der Waals surface area contributed by atoms with Crippen LogP contribution in [0.25, 0.3) is 11.1 Å². The lowest BCUT2D eigenvalue weighted by atomic mass is 10.0. The molecule has 0 saturated carbocycles. The fraction of sp³-hybridized carbons (Fsp3) is 0.118. The highest BCUT2D eigenvalue weighted by molar-refractivity contribution is 5.95. The van der Waals surface area contributed by atoms with E-state index < -0.39 is 0 Å². The topological polar surface area (TPSA) is 29.1 Å². The van der Waals surface area contributed by atoms with E-state index in [0.29, 0.717) is 5.56 Å². The van der Waals surface area contributed by atoms with Crippen molar-refractivity contribution in [2.75, 3.05) is 0 Å². The van der Waals surface area contributed by atoms with E-state index in [2.05, 4.69) is 17.4 Å². The van der Waals surface area contributed by atoms with Crippen LogP contribution in [0, 0.1) is 0 Å². The molecule has 0 fully saturated rings. The second-order valence-corrected chi connectivity index (χ2v) is 4.64. The Labute approximate surface area is 113 Å². The Bertz CT molecular complexity index is 578. The van der Waals surface area contributed by atoms with Crippen LogP contribution in [-0.2, 0) is 0 Å². The molecule has 0 spiro atoms. The summed E-state index contributed by atoms with van der Waals surface area (Å²) in [5.74, 6) is -0.0826. The molecule has 0 aliphatic carbocycles. The fourth-order valence-corrected chi connectivity index (χ4v) is 1.74. The quantitative estimate of drug-likeness (QED) is 0.877. The molecule has 1 N–H and O–H groups in total. The molecular weight excluding hydrogens is 234 g/mol. The lowest BCUT2D eigenvalue weighted by molar-refractivity contribution is 0.0970. The summed E-state index contributed by atoms with van der Waals surface area (Å²) in [6.07, 6.45) is 1.72. The van der Waals surface area contributed by atoms with Crippen LogP contribution in [0.1, 0.15) is 24.2 Å². The Balaban J connectivity index is 2.15. The highest BCUT2D eigenvalue weighted by Crippen LogP contribution is 2.19. The smallest absolute Gasteiger partial charge is 0.255 e. The SMILES string of the molecule is CC(C)=CNC(=O)c1ccc(-c2ccccc2)cc1.